The number of benzene rings is 2. The van der Waals surface area contributed by atoms with Crippen molar-refractivity contribution < 1.29 is 8.78 Å². The molecular weight excluding hydrogens is 278 g/mol. The van der Waals surface area contributed by atoms with Crippen LogP contribution < -0.4 is 0 Å². The molecule has 0 saturated carbocycles. The lowest BCUT2D eigenvalue weighted by Gasteiger charge is -2.26. The molecule has 2 heteroatoms. The second-order valence-corrected chi connectivity index (χ2v) is 6.65. The molecule has 0 unspecified atom stereocenters. The first-order chi connectivity index (χ1) is 10.3. The minimum absolute atomic E-state index is 0.140. The van der Waals surface area contributed by atoms with Gasteiger partial charge in [0, 0.05) is 0 Å². The quantitative estimate of drug-likeness (QED) is 0.660. The Morgan fingerprint density at radius 1 is 0.955 bits per heavy atom. The van der Waals surface area contributed by atoms with E-state index in [1.807, 2.05) is 52.0 Å². The molecule has 0 fully saturated rings. The highest BCUT2D eigenvalue weighted by molar-refractivity contribution is 5.30. The van der Waals surface area contributed by atoms with Crippen molar-refractivity contribution in [2.75, 3.05) is 0 Å². The smallest absolute Gasteiger partial charge is 0.127 e. The van der Waals surface area contributed by atoms with E-state index in [0.717, 1.165) is 35.1 Å². The molecule has 22 heavy (non-hydrogen) atoms. The van der Waals surface area contributed by atoms with Gasteiger partial charge in [0.05, 0.1) is 0 Å². The van der Waals surface area contributed by atoms with E-state index in [1.54, 1.807) is 12.1 Å². The molecule has 0 nitrogen and oxygen atoms in total. The number of halogens is 2. The van der Waals surface area contributed by atoms with Crippen molar-refractivity contribution in [3.63, 3.8) is 0 Å². The van der Waals surface area contributed by atoms with Crippen LogP contribution in [0.25, 0.3) is 0 Å². The fourth-order valence-electron chi connectivity index (χ4n) is 2.79. The van der Waals surface area contributed by atoms with Crippen molar-refractivity contribution in [2.45, 2.75) is 52.4 Å². The zero-order valence-corrected chi connectivity index (χ0v) is 13.8. The van der Waals surface area contributed by atoms with Crippen LogP contribution in [0.4, 0.5) is 8.78 Å². The average Bonchev–Trinajstić information content (AvgIpc) is 2.45. The molecule has 2 aromatic carbocycles. The van der Waals surface area contributed by atoms with E-state index in [0.29, 0.717) is 6.42 Å². The third kappa shape index (κ3) is 3.73. The van der Waals surface area contributed by atoms with E-state index in [-0.39, 0.29) is 17.0 Å². The third-order valence-corrected chi connectivity index (χ3v) is 4.39. The summed E-state index contributed by atoms with van der Waals surface area (Å²) in [4.78, 5) is 0. The van der Waals surface area contributed by atoms with Crippen LogP contribution in [-0.2, 0) is 18.3 Å². The molecule has 0 aromatic heterocycles. The molecule has 0 N–H and O–H groups in total. The van der Waals surface area contributed by atoms with Gasteiger partial charge in [0.1, 0.15) is 11.6 Å². The Hall–Kier alpha value is -1.70. The van der Waals surface area contributed by atoms with Crippen molar-refractivity contribution in [3.8, 4) is 0 Å². The molecule has 2 rings (SSSR count). The first-order valence-corrected chi connectivity index (χ1v) is 7.87. The van der Waals surface area contributed by atoms with Crippen LogP contribution in [0.2, 0.25) is 0 Å². The maximum absolute atomic E-state index is 14.2. The van der Waals surface area contributed by atoms with Crippen molar-refractivity contribution >= 4 is 0 Å². The molecule has 0 radical (unpaired) electrons. The summed E-state index contributed by atoms with van der Waals surface area (Å²) in [7, 11) is 0. The Morgan fingerprint density at radius 2 is 1.68 bits per heavy atom. The lowest BCUT2D eigenvalue weighted by molar-refractivity contribution is 0.449. The highest BCUT2D eigenvalue weighted by Gasteiger charge is 2.24. The van der Waals surface area contributed by atoms with Gasteiger partial charge >= 0.3 is 0 Å². The van der Waals surface area contributed by atoms with Crippen molar-refractivity contribution in [1.29, 1.82) is 0 Å². The van der Waals surface area contributed by atoms with E-state index in [2.05, 4.69) is 0 Å². The van der Waals surface area contributed by atoms with Crippen molar-refractivity contribution in [3.05, 3.63) is 70.3 Å². The van der Waals surface area contributed by atoms with Gasteiger partial charge in [-0.05, 0) is 66.0 Å². The molecule has 0 amide bonds. The van der Waals surface area contributed by atoms with Gasteiger partial charge in [-0.25, -0.2) is 8.78 Å². The molecule has 0 atom stereocenters. The van der Waals surface area contributed by atoms with E-state index in [9.17, 15) is 8.78 Å². The molecule has 0 heterocycles. The summed E-state index contributed by atoms with van der Waals surface area (Å²) in [6.45, 7) is 7.91. The maximum Gasteiger partial charge on any atom is 0.127 e. The Morgan fingerprint density at radius 3 is 2.27 bits per heavy atom. The highest BCUT2D eigenvalue weighted by Crippen LogP contribution is 2.31. The minimum atomic E-state index is -0.280. The van der Waals surface area contributed by atoms with Gasteiger partial charge in [-0.2, -0.15) is 0 Å². The van der Waals surface area contributed by atoms with E-state index < -0.39 is 0 Å². The maximum atomic E-state index is 14.2. The topological polar surface area (TPSA) is 0 Å². The van der Waals surface area contributed by atoms with Crippen LogP contribution in [0.15, 0.2) is 36.4 Å². The Balaban J connectivity index is 2.13. The molecule has 118 valence electrons. The standard InChI is InChI=1S/C20H24F2/c1-5-16-8-7-15(13-18(16)21)10-11-20(3,4)17-9-6-14(2)12-19(17)22/h6-9,12-13H,5,10-11H2,1-4H3. The van der Waals surface area contributed by atoms with Crippen LogP contribution in [0.3, 0.4) is 0 Å². The normalized spacial score (nSPS) is 11.7. The SMILES string of the molecule is CCc1ccc(CCC(C)(C)c2ccc(C)cc2F)cc1F. The first kappa shape index (κ1) is 16.7. The molecule has 0 aliphatic carbocycles. The second-order valence-electron chi connectivity index (χ2n) is 6.65. The highest BCUT2D eigenvalue weighted by atomic mass is 19.1. The van der Waals surface area contributed by atoms with Gasteiger partial charge in [-0.3, -0.25) is 0 Å². The van der Waals surface area contributed by atoms with Crippen LogP contribution in [-0.4, -0.2) is 0 Å². The summed E-state index contributed by atoms with van der Waals surface area (Å²) in [6, 6.07) is 10.8. The molecular formula is C20H24F2. The summed E-state index contributed by atoms with van der Waals surface area (Å²) in [5.74, 6) is -0.295. The molecule has 2 aromatic rings. The monoisotopic (exact) mass is 302 g/mol. The fraction of sp³-hybridized carbons (Fsp3) is 0.400. The zero-order valence-electron chi connectivity index (χ0n) is 13.8. The van der Waals surface area contributed by atoms with Gasteiger partial charge in [0.25, 0.3) is 0 Å². The van der Waals surface area contributed by atoms with E-state index >= 15 is 0 Å². The number of rotatable bonds is 5. The summed E-state index contributed by atoms with van der Waals surface area (Å²) in [5.41, 5.74) is 3.08. The van der Waals surface area contributed by atoms with Gasteiger partial charge in [0.15, 0.2) is 0 Å². The molecule has 0 spiro atoms. The van der Waals surface area contributed by atoms with E-state index in [1.165, 1.54) is 0 Å². The van der Waals surface area contributed by atoms with Crippen LogP contribution in [0, 0.1) is 18.6 Å². The average molecular weight is 302 g/mol. The minimum Gasteiger partial charge on any atom is -0.207 e. The van der Waals surface area contributed by atoms with Gasteiger partial charge in [-0.1, -0.05) is 45.0 Å². The Bertz CT molecular complexity index is 657. The predicted octanol–water partition coefficient (Wildman–Crippen LogP) is 5.75. The van der Waals surface area contributed by atoms with Gasteiger partial charge < -0.3 is 0 Å². The molecule has 0 aliphatic rings. The summed E-state index contributed by atoms with van der Waals surface area (Å²) in [5, 5.41) is 0. The third-order valence-electron chi connectivity index (χ3n) is 4.39. The van der Waals surface area contributed by atoms with Crippen molar-refractivity contribution in [1.82, 2.24) is 0 Å². The summed E-state index contributed by atoms with van der Waals surface area (Å²) < 4.78 is 28.0. The van der Waals surface area contributed by atoms with E-state index in [4.69, 9.17) is 0 Å². The molecule has 0 bridgehead atoms. The van der Waals surface area contributed by atoms with Crippen LogP contribution in [0.5, 0.6) is 0 Å². The first-order valence-electron chi connectivity index (χ1n) is 7.87. The van der Waals surface area contributed by atoms with Crippen LogP contribution in [0.1, 0.15) is 49.4 Å². The fourth-order valence-corrected chi connectivity index (χ4v) is 2.79. The lowest BCUT2D eigenvalue weighted by atomic mass is 9.79. The predicted molar refractivity (Wildman–Crippen MR) is 88.3 cm³/mol. The molecule has 0 aliphatic heterocycles. The second kappa shape index (κ2) is 6.60. The zero-order chi connectivity index (χ0) is 16.3. The Labute approximate surface area is 132 Å². The van der Waals surface area contributed by atoms with Gasteiger partial charge in [0.2, 0.25) is 0 Å². The lowest BCUT2D eigenvalue weighted by Crippen LogP contribution is -2.20. The summed E-state index contributed by atoms with van der Waals surface area (Å²) >= 11 is 0. The van der Waals surface area contributed by atoms with Crippen molar-refractivity contribution in [2.24, 2.45) is 0 Å². The summed E-state index contributed by atoms with van der Waals surface area (Å²) in [6.07, 6.45) is 2.21. The van der Waals surface area contributed by atoms with Crippen LogP contribution >= 0.6 is 0 Å². The number of hydrogen-bond donors (Lipinski definition) is 0. The van der Waals surface area contributed by atoms with Gasteiger partial charge in [-0.15, -0.1) is 0 Å². The number of aryl methyl sites for hydroxylation is 3. The molecule has 0 saturated heterocycles. The Kier molecular flexibility index (Phi) is 5.00. The number of hydrogen-bond acceptors (Lipinski definition) is 0. The largest absolute Gasteiger partial charge is 0.207 e.